The average molecular weight is 443 g/mol. The summed E-state index contributed by atoms with van der Waals surface area (Å²) in [6, 6.07) is 3.32. The van der Waals surface area contributed by atoms with Gasteiger partial charge in [0.1, 0.15) is 23.1 Å². The lowest BCUT2D eigenvalue weighted by molar-refractivity contribution is -0.115. The Morgan fingerprint density at radius 3 is 2.69 bits per heavy atom. The van der Waals surface area contributed by atoms with E-state index in [2.05, 4.69) is 22.1 Å². The molecule has 1 aromatic heterocycles. The molecule has 0 saturated carbocycles. The lowest BCUT2D eigenvalue weighted by Gasteiger charge is -2.14. The van der Waals surface area contributed by atoms with Crippen molar-refractivity contribution < 1.29 is 22.0 Å². The van der Waals surface area contributed by atoms with E-state index in [0.29, 0.717) is 23.9 Å². The van der Waals surface area contributed by atoms with Crippen LogP contribution in [0.4, 0.5) is 14.5 Å². The second-order valence-electron chi connectivity index (χ2n) is 6.69. The quantitative estimate of drug-likeness (QED) is 0.524. The fourth-order valence-corrected chi connectivity index (χ4v) is 5.65. The first kappa shape index (κ1) is 21.4. The fraction of sp³-hybridized carbons (Fsp3) is 0.389. The van der Waals surface area contributed by atoms with Gasteiger partial charge in [0.05, 0.1) is 16.8 Å². The molecule has 1 saturated heterocycles. The molecule has 11 heteroatoms. The number of carbonyl (C=O) groups excluding carboxylic acids is 1. The lowest BCUT2D eigenvalue weighted by atomic mass is 10.1. The van der Waals surface area contributed by atoms with Gasteiger partial charge in [-0.25, -0.2) is 17.2 Å². The Labute approximate surface area is 171 Å². The zero-order valence-corrected chi connectivity index (χ0v) is 17.3. The monoisotopic (exact) mass is 442 g/mol. The summed E-state index contributed by atoms with van der Waals surface area (Å²) in [6.07, 6.45) is 2.09. The number of benzene rings is 1. The predicted octanol–water partition coefficient (Wildman–Crippen LogP) is 2.76. The molecule has 0 spiro atoms. The Bertz CT molecular complexity index is 1020. The maximum atomic E-state index is 13.8. The molecule has 29 heavy (non-hydrogen) atoms. The van der Waals surface area contributed by atoms with Gasteiger partial charge >= 0.3 is 0 Å². The number of thioether (sulfide) groups is 1. The van der Waals surface area contributed by atoms with Crippen LogP contribution in [0, 0.1) is 11.6 Å². The molecular weight excluding hydrogens is 422 g/mol. The summed E-state index contributed by atoms with van der Waals surface area (Å²) in [6.45, 7) is 5.62. The molecule has 0 radical (unpaired) electrons. The van der Waals surface area contributed by atoms with Crippen molar-refractivity contribution >= 4 is 33.2 Å². The average Bonchev–Trinajstić information content (AvgIpc) is 3.21. The summed E-state index contributed by atoms with van der Waals surface area (Å²) in [5.41, 5.74) is -0.505. The van der Waals surface area contributed by atoms with E-state index in [-0.39, 0.29) is 17.4 Å². The number of anilines is 1. The second kappa shape index (κ2) is 8.62. The molecule has 2 heterocycles. The van der Waals surface area contributed by atoms with E-state index in [0.717, 1.165) is 23.9 Å². The molecule has 1 aliphatic rings. The van der Waals surface area contributed by atoms with Crippen LogP contribution in [0.3, 0.4) is 0 Å². The standard InChI is InChI=1S/C18H20F2N4O3S2/c1-3-8-24-16(12-7-9-29(26,27)10-12)22-23-18(24)28-11(2)17(25)21-15-13(19)5-4-6-14(15)20/h3-6,11-12H,1,7-10H2,2H3,(H,21,25). The van der Waals surface area contributed by atoms with E-state index in [1.807, 2.05) is 0 Å². The van der Waals surface area contributed by atoms with Crippen molar-refractivity contribution in [2.75, 3.05) is 16.8 Å². The van der Waals surface area contributed by atoms with E-state index in [1.165, 1.54) is 6.07 Å². The van der Waals surface area contributed by atoms with Crippen LogP contribution in [0.2, 0.25) is 0 Å². The molecule has 2 aromatic rings. The molecule has 1 fully saturated rings. The highest BCUT2D eigenvalue weighted by Crippen LogP contribution is 2.31. The fourth-order valence-electron chi connectivity index (χ4n) is 3.04. The maximum absolute atomic E-state index is 13.8. The minimum absolute atomic E-state index is 0.00947. The lowest BCUT2D eigenvalue weighted by Crippen LogP contribution is -2.24. The summed E-state index contributed by atoms with van der Waals surface area (Å²) in [5, 5.41) is 10.2. The van der Waals surface area contributed by atoms with Crippen molar-refractivity contribution in [3.8, 4) is 0 Å². The highest BCUT2D eigenvalue weighted by Gasteiger charge is 2.33. The molecule has 3 rings (SSSR count). The van der Waals surface area contributed by atoms with Gasteiger partial charge in [-0.3, -0.25) is 4.79 Å². The number of rotatable bonds is 7. The van der Waals surface area contributed by atoms with Crippen molar-refractivity contribution in [3.05, 3.63) is 48.3 Å². The van der Waals surface area contributed by atoms with Crippen molar-refractivity contribution in [1.29, 1.82) is 0 Å². The van der Waals surface area contributed by atoms with Crippen LogP contribution in [0.1, 0.15) is 25.1 Å². The van der Waals surface area contributed by atoms with Gasteiger partial charge in [-0.05, 0) is 25.5 Å². The minimum Gasteiger partial charge on any atom is -0.320 e. The first-order valence-electron chi connectivity index (χ1n) is 8.87. The molecule has 7 nitrogen and oxygen atoms in total. The Hall–Kier alpha value is -2.27. The third-order valence-corrected chi connectivity index (χ3v) is 7.37. The normalized spacial score (nSPS) is 19.1. The third-order valence-electron chi connectivity index (χ3n) is 4.52. The van der Waals surface area contributed by atoms with Crippen molar-refractivity contribution in [2.24, 2.45) is 0 Å². The van der Waals surface area contributed by atoms with Crippen molar-refractivity contribution in [3.63, 3.8) is 0 Å². The second-order valence-corrected chi connectivity index (χ2v) is 10.2. The number of sulfone groups is 1. The van der Waals surface area contributed by atoms with E-state index < -0.39 is 38.3 Å². The van der Waals surface area contributed by atoms with E-state index >= 15 is 0 Å². The molecule has 2 atom stereocenters. The largest absolute Gasteiger partial charge is 0.320 e. The minimum atomic E-state index is -3.09. The number of para-hydroxylation sites is 1. The number of allylic oxidation sites excluding steroid dienone is 1. The summed E-state index contributed by atoms with van der Waals surface area (Å²) in [7, 11) is -3.09. The molecule has 0 aliphatic carbocycles. The van der Waals surface area contributed by atoms with Crippen LogP contribution in [-0.2, 0) is 21.2 Å². The van der Waals surface area contributed by atoms with Crippen LogP contribution < -0.4 is 5.32 Å². The summed E-state index contributed by atoms with van der Waals surface area (Å²) in [5.74, 6) is -1.95. The Balaban J connectivity index is 1.77. The maximum Gasteiger partial charge on any atom is 0.237 e. The number of amides is 1. The topological polar surface area (TPSA) is 93.9 Å². The Kier molecular flexibility index (Phi) is 6.37. The van der Waals surface area contributed by atoms with E-state index in [9.17, 15) is 22.0 Å². The van der Waals surface area contributed by atoms with Gasteiger partial charge in [0.2, 0.25) is 5.91 Å². The number of hydrogen-bond donors (Lipinski definition) is 1. The predicted molar refractivity (Wildman–Crippen MR) is 107 cm³/mol. The summed E-state index contributed by atoms with van der Waals surface area (Å²) >= 11 is 1.06. The number of carbonyl (C=O) groups is 1. The molecule has 1 aliphatic heterocycles. The number of halogens is 2. The van der Waals surface area contributed by atoms with Crippen LogP contribution in [-0.4, -0.2) is 45.8 Å². The van der Waals surface area contributed by atoms with Gasteiger partial charge in [0.25, 0.3) is 0 Å². The van der Waals surface area contributed by atoms with Gasteiger partial charge in [0.15, 0.2) is 15.0 Å². The Morgan fingerprint density at radius 2 is 2.10 bits per heavy atom. The van der Waals surface area contributed by atoms with Gasteiger partial charge in [-0.15, -0.1) is 16.8 Å². The molecule has 1 N–H and O–H groups in total. The highest BCUT2D eigenvalue weighted by molar-refractivity contribution is 8.00. The van der Waals surface area contributed by atoms with Crippen LogP contribution in [0.25, 0.3) is 0 Å². The van der Waals surface area contributed by atoms with Crippen LogP contribution in [0.5, 0.6) is 0 Å². The smallest absolute Gasteiger partial charge is 0.237 e. The van der Waals surface area contributed by atoms with Gasteiger partial charge < -0.3 is 9.88 Å². The number of aromatic nitrogens is 3. The third kappa shape index (κ3) is 4.84. The Morgan fingerprint density at radius 1 is 1.41 bits per heavy atom. The molecule has 156 valence electrons. The van der Waals surface area contributed by atoms with Crippen molar-refractivity contribution in [1.82, 2.24) is 14.8 Å². The summed E-state index contributed by atoms with van der Waals surface area (Å²) in [4.78, 5) is 12.4. The van der Waals surface area contributed by atoms with Crippen molar-refractivity contribution in [2.45, 2.75) is 36.2 Å². The first-order valence-corrected chi connectivity index (χ1v) is 11.6. The van der Waals surface area contributed by atoms with Crippen LogP contribution in [0.15, 0.2) is 36.0 Å². The number of nitrogens with one attached hydrogen (secondary N) is 1. The molecule has 2 unspecified atom stereocenters. The number of nitrogens with zero attached hydrogens (tertiary/aromatic N) is 3. The zero-order valence-electron chi connectivity index (χ0n) is 15.6. The zero-order chi connectivity index (χ0) is 21.2. The van der Waals surface area contributed by atoms with Crippen LogP contribution >= 0.6 is 11.8 Å². The molecular formula is C18H20F2N4O3S2. The molecule has 1 aromatic carbocycles. The van der Waals surface area contributed by atoms with E-state index in [1.54, 1.807) is 17.6 Å². The van der Waals surface area contributed by atoms with Gasteiger partial charge in [0, 0.05) is 12.5 Å². The number of hydrogen-bond acceptors (Lipinski definition) is 6. The van der Waals surface area contributed by atoms with Gasteiger partial charge in [-0.2, -0.15) is 0 Å². The van der Waals surface area contributed by atoms with E-state index in [4.69, 9.17) is 0 Å². The molecule has 1 amide bonds. The first-order chi connectivity index (χ1) is 13.7. The summed E-state index contributed by atoms with van der Waals surface area (Å²) < 4.78 is 52.8. The SMILES string of the molecule is C=CCn1c(SC(C)C(=O)Nc2c(F)cccc2F)nnc1C1CCS(=O)(=O)C1. The highest BCUT2D eigenvalue weighted by atomic mass is 32.2. The van der Waals surface area contributed by atoms with Gasteiger partial charge in [-0.1, -0.05) is 23.9 Å². The molecule has 0 bridgehead atoms.